The van der Waals surface area contributed by atoms with E-state index in [9.17, 15) is 4.79 Å². The maximum atomic E-state index is 12.4. The Kier molecular flexibility index (Phi) is 5.94. The maximum Gasteiger partial charge on any atom is 0.163 e. The molecule has 1 aliphatic carbocycles. The van der Waals surface area contributed by atoms with Gasteiger partial charge in [0.15, 0.2) is 17.3 Å². The zero-order chi connectivity index (χ0) is 21.3. The van der Waals surface area contributed by atoms with Crippen LogP contribution in [0.4, 0.5) is 0 Å². The number of benzene rings is 2. The molecule has 0 amide bonds. The van der Waals surface area contributed by atoms with Crippen LogP contribution in [0.25, 0.3) is 0 Å². The van der Waals surface area contributed by atoms with Crippen molar-refractivity contribution in [3.8, 4) is 11.5 Å². The highest BCUT2D eigenvalue weighted by atomic mass is 16.5. The molecule has 0 bridgehead atoms. The molecule has 158 valence electrons. The third-order valence-corrected chi connectivity index (χ3v) is 6.31. The maximum absolute atomic E-state index is 12.4. The van der Waals surface area contributed by atoms with Gasteiger partial charge in [0.1, 0.15) is 0 Å². The number of ketones is 1. The molecule has 2 atom stereocenters. The quantitative estimate of drug-likeness (QED) is 0.570. The second-order valence-electron chi connectivity index (χ2n) is 8.83. The van der Waals surface area contributed by atoms with Gasteiger partial charge in [-0.05, 0) is 36.5 Å². The van der Waals surface area contributed by atoms with Crippen molar-refractivity contribution < 1.29 is 14.3 Å². The molecular weight excluding hydrogens is 374 g/mol. The Bertz CT molecular complexity index is 959. The van der Waals surface area contributed by atoms with Crippen molar-refractivity contribution in [2.75, 3.05) is 14.2 Å². The highest BCUT2D eigenvalue weighted by Gasteiger charge is 2.34. The first-order chi connectivity index (χ1) is 14.5. The lowest BCUT2D eigenvalue weighted by molar-refractivity contribution is 0.0968. The van der Waals surface area contributed by atoms with Gasteiger partial charge in [-0.1, -0.05) is 51.0 Å². The van der Waals surface area contributed by atoms with Crippen LogP contribution in [0.3, 0.4) is 0 Å². The highest BCUT2D eigenvalue weighted by molar-refractivity contribution is 6.15. The fraction of sp³-hybridized carbons (Fsp3) is 0.462. The van der Waals surface area contributed by atoms with Gasteiger partial charge in [0.25, 0.3) is 0 Å². The first-order valence-corrected chi connectivity index (χ1v) is 11.0. The van der Waals surface area contributed by atoms with Gasteiger partial charge in [-0.2, -0.15) is 0 Å². The predicted octanol–water partition coefficient (Wildman–Crippen LogP) is 5.81. The Morgan fingerprint density at radius 3 is 2.37 bits per heavy atom. The Hall–Kier alpha value is -2.62. The minimum Gasteiger partial charge on any atom is -0.493 e. The van der Waals surface area contributed by atoms with Crippen LogP contribution in [0.1, 0.15) is 78.9 Å². The molecule has 0 unspecified atom stereocenters. The zero-order valence-electron chi connectivity index (χ0n) is 18.4. The standard InChI is InChI=1S/C26H31NO3/c1-16(2)13-23(28)17-9-11-18(12-10-17)26-21-15-25(30-4)24(29-3)14-20(21)19-7-5-6-8-22(19)27-26/h9-12,14-16,19,22H,5-8,13H2,1-4H3/t19-,22-/m1/s1. The van der Waals surface area contributed by atoms with E-state index >= 15 is 0 Å². The smallest absolute Gasteiger partial charge is 0.163 e. The highest BCUT2D eigenvalue weighted by Crippen LogP contribution is 2.44. The molecule has 4 heteroatoms. The third kappa shape index (κ3) is 3.88. The average Bonchev–Trinajstić information content (AvgIpc) is 2.77. The van der Waals surface area contributed by atoms with Crippen LogP contribution in [-0.2, 0) is 0 Å². The monoisotopic (exact) mass is 405 g/mol. The lowest BCUT2D eigenvalue weighted by atomic mass is 9.75. The van der Waals surface area contributed by atoms with Gasteiger partial charge in [0, 0.05) is 29.0 Å². The summed E-state index contributed by atoms with van der Waals surface area (Å²) in [4.78, 5) is 17.6. The van der Waals surface area contributed by atoms with Crippen LogP contribution < -0.4 is 9.47 Å². The summed E-state index contributed by atoms with van der Waals surface area (Å²) in [7, 11) is 3.36. The number of hydrogen-bond acceptors (Lipinski definition) is 4. The van der Waals surface area contributed by atoms with Gasteiger partial charge in [0.2, 0.25) is 0 Å². The van der Waals surface area contributed by atoms with Crippen molar-refractivity contribution in [3.63, 3.8) is 0 Å². The third-order valence-electron chi connectivity index (χ3n) is 6.31. The van der Waals surface area contributed by atoms with E-state index in [1.807, 2.05) is 24.3 Å². The summed E-state index contributed by atoms with van der Waals surface area (Å²) in [6, 6.07) is 12.5. The molecule has 1 aliphatic heterocycles. The van der Waals surface area contributed by atoms with Gasteiger partial charge >= 0.3 is 0 Å². The van der Waals surface area contributed by atoms with Crippen LogP contribution in [0.2, 0.25) is 0 Å². The molecule has 0 N–H and O–H groups in total. The summed E-state index contributed by atoms with van der Waals surface area (Å²) in [5.41, 5.74) is 5.25. The summed E-state index contributed by atoms with van der Waals surface area (Å²) in [6.45, 7) is 4.14. The van der Waals surface area contributed by atoms with Crippen LogP contribution in [-0.4, -0.2) is 31.8 Å². The van der Waals surface area contributed by atoms with Gasteiger partial charge in [-0.15, -0.1) is 0 Å². The molecule has 2 aliphatic rings. The summed E-state index contributed by atoms with van der Waals surface area (Å²) in [5.74, 6) is 2.49. The van der Waals surface area contributed by atoms with Gasteiger partial charge in [-0.3, -0.25) is 9.79 Å². The van der Waals surface area contributed by atoms with Crippen molar-refractivity contribution in [1.82, 2.24) is 0 Å². The van der Waals surface area contributed by atoms with E-state index in [-0.39, 0.29) is 5.78 Å². The Labute approximate surface area is 179 Å². The van der Waals surface area contributed by atoms with Crippen molar-refractivity contribution in [2.24, 2.45) is 10.9 Å². The summed E-state index contributed by atoms with van der Waals surface area (Å²) in [5, 5.41) is 0. The molecule has 0 spiro atoms. The summed E-state index contributed by atoms with van der Waals surface area (Å²) < 4.78 is 11.2. The fourth-order valence-electron chi connectivity index (χ4n) is 4.80. The number of methoxy groups -OCH3 is 2. The molecule has 0 saturated heterocycles. The molecule has 4 rings (SSSR count). The van der Waals surface area contributed by atoms with Crippen molar-refractivity contribution in [1.29, 1.82) is 0 Å². The van der Waals surface area contributed by atoms with E-state index in [2.05, 4.69) is 26.0 Å². The number of aliphatic imine (C=N–C) groups is 1. The molecule has 2 aromatic carbocycles. The first kappa shape index (κ1) is 20.6. The number of carbonyl (C=O) groups excluding carboxylic acids is 1. The summed E-state index contributed by atoms with van der Waals surface area (Å²) in [6.07, 6.45) is 5.32. The van der Waals surface area contributed by atoms with E-state index in [1.165, 1.54) is 18.4 Å². The summed E-state index contributed by atoms with van der Waals surface area (Å²) >= 11 is 0. The van der Waals surface area contributed by atoms with Crippen LogP contribution in [0, 0.1) is 5.92 Å². The SMILES string of the molecule is COc1cc2c(cc1OC)[C@H]1CCCC[C@H]1N=C2c1ccc(C(=O)CC(C)C)cc1. The van der Waals surface area contributed by atoms with Crippen molar-refractivity contribution in [2.45, 2.75) is 57.9 Å². The van der Waals surface area contributed by atoms with E-state index in [0.29, 0.717) is 24.3 Å². The minimum atomic E-state index is 0.196. The molecule has 1 saturated carbocycles. The Balaban J connectivity index is 1.76. The molecule has 0 aromatic heterocycles. The molecule has 2 aromatic rings. The number of ether oxygens (including phenoxy) is 2. The largest absolute Gasteiger partial charge is 0.493 e. The molecule has 30 heavy (non-hydrogen) atoms. The van der Waals surface area contributed by atoms with E-state index in [0.717, 1.165) is 46.7 Å². The normalized spacial score (nSPS) is 20.2. The molecule has 0 radical (unpaired) electrons. The first-order valence-electron chi connectivity index (χ1n) is 11.0. The number of nitrogens with zero attached hydrogens (tertiary/aromatic N) is 1. The minimum absolute atomic E-state index is 0.196. The number of Topliss-reactive ketones (excluding diaryl/α,β-unsaturated/α-hetero) is 1. The number of carbonyl (C=O) groups is 1. The van der Waals surface area contributed by atoms with Gasteiger partial charge < -0.3 is 9.47 Å². The molecule has 1 heterocycles. The lowest BCUT2D eigenvalue weighted by Crippen LogP contribution is -2.29. The van der Waals surface area contributed by atoms with E-state index in [4.69, 9.17) is 14.5 Å². The van der Waals surface area contributed by atoms with Gasteiger partial charge in [0.05, 0.1) is 26.0 Å². The Morgan fingerprint density at radius 2 is 1.70 bits per heavy atom. The fourth-order valence-corrected chi connectivity index (χ4v) is 4.80. The zero-order valence-corrected chi connectivity index (χ0v) is 18.4. The van der Waals surface area contributed by atoms with Crippen LogP contribution in [0.15, 0.2) is 41.4 Å². The Morgan fingerprint density at radius 1 is 1.03 bits per heavy atom. The number of rotatable bonds is 6. The lowest BCUT2D eigenvalue weighted by Gasteiger charge is -2.35. The number of hydrogen-bond donors (Lipinski definition) is 0. The topological polar surface area (TPSA) is 47.9 Å². The second kappa shape index (κ2) is 8.63. The molecule has 4 nitrogen and oxygen atoms in total. The second-order valence-corrected chi connectivity index (χ2v) is 8.83. The van der Waals surface area contributed by atoms with E-state index in [1.54, 1.807) is 14.2 Å². The molecular formula is C26H31NO3. The van der Waals surface area contributed by atoms with Crippen molar-refractivity contribution >= 4 is 11.5 Å². The van der Waals surface area contributed by atoms with Gasteiger partial charge in [-0.25, -0.2) is 0 Å². The number of fused-ring (bicyclic) bond motifs is 3. The average molecular weight is 406 g/mol. The van der Waals surface area contributed by atoms with E-state index < -0.39 is 0 Å². The predicted molar refractivity (Wildman–Crippen MR) is 120 cm³/mol. The van der Waals surface area contributed by atoms with Crippen molar-refractivity contribution in [3.05, 3.63) is 58.7 Å². The van der Waals surface area contributed by atoms with Crippen LogP contribution >= 0.6 is 0 Å². The van der Waals surface area contributed by atoms with Crippen LogP contribution in [0.5, 0.6) is 11.5 Å². The molecule has 1 fully saturated rings.